The van der Waals surface area contributed by atoms with E-state index in [0.717, 1.165) is 12.8 Å². The summed E-state index contributed by atoms with van der Waals surface area (Å²) in [6, 6.07) is 6.65. The van der Waals surface area contributed by atoms with E-state index >= 15 is 0 Å². The number of hydrogen-bond donors (Lipinski definition) is 1. The molecule has 1 aromatic rings. The fourth-order valence-electron chi connectivity index (χ4n) is 1.62. The van der Waals surface area contributed by atoms with E-state index in [4.69, 9.17) is 5.73 Å². The van der Waals surface area contributed by atoms with Gasteiger partial charge in [-0.05, 0) is 24.8 Å². The molecule has 76 valence electrons. The van der Waals surface area contributed by atoms with E-state index in [1.54, 1.807) is 18.2 Å². The van der Waals surface area contributed by atoms with Gasteiger partial charge in [-0.3, -0.25) is 0 Å². The summed E-state index contributed by atoms with van der Waals surface area (Å²) in [4.78, 5) is 0. The molecule has 2 N–H and O–H groups in total. The second kappa shape index (κ2) is 3.31. The van der Waals surface area contributed by atoms with Gasteiger partial charge in [-0.2, -0.15) is 0 Å². The number of nitrogens with two attached hydrogens (primary N) is 1. The molecule has 1 aromatic carbocycles. The van der Waals surface area contributed by atoms with E-state index in [1.165, 1.54) is 6.07 Å². The van der Waals surface area contributed by atoms with Crippen LogP contribution >= 0.6 is 0 Å². The van der Waals surface area contributed by atoms with Gasteiger partial charge in [0.1, 0.15) is 0 Å². The van der Waals surface area contributed by atoms with Crippen LogP contribution in [0.3, 0.4) is 0 Å². The van der Waals surface area contributed by atoms with Crippen LogP contribution in [0, 0.1) is 0 Å². The Balaban J connectivity index is 2.23. The predicted octanol–water partition coefficient (Wildman–Crippen LogP) is 2.66. The summed E-state index contributed by atoms with van der Waals surface area (Å²) in [5, 5.41) is 0. The summed E-state index contributed by atoms with van der Waals surface area (Å²) >= 11 is 0. The average molecular weight is 197 g/mol. The van der Waals surface area contributed by atoms with E-state index in [-0.39, 0.29) is 11.1 Å². The van der Waals surface area contributed by atoms with E-state index in [1.807, 2.05) is 0 Å². The largest absolute Gasteiger partial charge is 0.325 e. The first-order chi connectivity index (χ1) is 6.61. The summed E-state index contributed by atoms with van der Waals surface area (Å²) in [6.07, 6.45) is 0.0800. The molecule has 0 saturated heterocycles. The molecule has 1 fully saturated rings. The second-order valence-electron chi connectivity index (χ2n) is 4.04. The second-order valence-corrected chi connectivity index (χ2v) is 4.04. The summed E-state index contributed by atoms with van der Waals surface area (Å²) in [6.45, 7) is 0. The Kier molecular flexibility index (Phi) is 2.27. The molecule has 0 spiro atoms. The molecule has 0 radical (unpaired) electrons. The van der Waals surface area contributed by atoms with Crippen molar-refractivity contribution in [3.8, 4) is 0 Å². The van der Waals surface area contributed by atoms with Crippen LogP contribution in [0.5, 0.6) is 0 Å². The molecule has 1 aliphatic carbocycles. The predicted molar refractivity (Wildman–Crippen MR) is 51.3 cm³/mol. The smallest absolute Gasteiger partial charge is 0.264 e. The van der Waals surface area contributed by atoms with Gasteiger partial charge in [-0.15, -0.1) is 0 Å². The molecule has 0 amide bonds. The van der Waals surface area contributed by atoms with Crippen molar-refractivity contribution in [3.63, 3.8) is 0 Å². The van der Waals surface area contributed by atoms with Crippen molar-refractivity contribution in [3.05, 3.63) is 35.4 Å². The maximum absolute atomic E-state index is 12.6. The van der Waals surface area contributed by atoms with Crippen molar-refractivity contribution >= 4 is 0 Å². The highest BCUT2D eigenvalue weighted by atomic mass is 19.3. The minimum Gasteiger partial charge on any atom is -0.325 e. The number of alkyl halides is 2. The van der Waals surface area contributed by atoms with Crippen molar-refractivity contribution in [2.24, 2.45) is 5.73 Å². The first-order valence-corrected chi connectivity index (χ1v) is 4.76. The number of halogens is 2. The summed E-state index contributed by atoms with van der Waals surface area (Å²) < 4.78 is 25.2. The van der Waals surface area contributed by atoms with E-state index in [0.29, 0.717) is 12.0 Å². The quantitative estimate of drug-likeness (QED) is 0.792. The minimum atomic E-state index is -2.39. The minimum absolute atomic E-state index is 0.129. The van der Waals surface area contributed by atoms with Crippen LogP contribution in [-0.2, 0) is 6.42 Å². The zero-order chi connectivity index (χ0) is 10.2. The van der Waals surface area contributed by atoms with Crippen molar-refractivity contribution < 1.29 is 8.78 Å². The fourth-order valence-corrected chi connectivity index (χ4v) is 1.62. The Morgan fingerprint density at radius 1 is 1.29 bits per heavy atom. The van der Waals surface area contributed by atoms with Gasteiger partial charge in [-0.1, -0.05) is 24.3 Å². The van der Waals surface area contributed by atoms with Crippen LogP contribution in [0.25, 0.3) is 0 Å². The molecule has 0 heterocycles. The standard InChI is InChI=1S/C11H13F2N/c12-10(13)9-4-2-1-3-8(9)7-11(14)5-6-11/h1-4,10H,5-7,14H2. The zero-order valence-electron chi connectivity index (χ0n) is 7.84. The Labute approximate surface area is 81.9 Å². The molecule has 1 nitrogen and oxygen atoms in total. The molecule has 0 aliphatic heterocycles. The van der Waals surface area contributed by atoms with Gasteiger partial charge < -0.3 is 5.73 Å². The molecule has 0 bridgehead atoms. The van der Waals surface area contributed by atoms with Crippen molar-refractivity contribution in [2.75, 3.05) is 0 Å². The third kappa shape index (κ3) is 1.93. The highest BCUT2D eigenvalue weighted by Gasteiger charge is 2.38. The lowest BCUT2D eigenvalue weighted by Crippen LogP contribution is -2.25. The van der Waals surface area contributed by atoms with E-state index < -0.39 is 6.43 Å². The van der Waals surface area contributed by atoms with Crippen LogP contribution in [0.2, 0.25) is 0 Å². The highest BCUT2D eigenvalue weighted by Crippen LogP contribution is 2.37. The monoisotopic (exact) mass is 197 g/mol. The number of rotatable bonds is 3. The van der Waals surface area contributed by atoms with Crippen molar-refractivity contribution in [2.45, 2.75) is 31.2 Å². The third-order valence-electron chi connectivity index (χ3n) is 2.72. The van der Waals surface area contributed by atoms with Gasteiger partial charge in [0.05, 0.1) is 0 Å². The molecule has 1 aliphatic rings. The van der Waals surface area contributed by atoms with Crippen LogP contribution < -0.4 is 5.73 Å². The van der Waals surface area contributed by atoms with Crippen LogP contribution in [0.1, 0.15) is 30.4 Å². The lowest BCUT2D eigenvalue weighted by molar-refractivity contribution is 0.150. The Hall–Kier alpha value is -0.960. The third-order valence-corrected chi connectivity index (χ3v) is 2.72. The summed E-state index contributed by atoms with van der Waals surface area (Å²) in [5.74, 6) is 0. The van der Waals surface area contributed by atoms with Gasteiger partial charge in [0.25, 0.3) is 6.43 Å². The molecule has 0 unspecified atom stereocenters. The van der Waals surface area contributed by atoms with E-state index in [2.05, 4.69) is 0 Å². The fraction of sp³-hybridized carbons (Fsp3) is 0.455. The van der Waals surface area contributed by atoms with Gasteiger partial charge in [-0.25, -0.2) is 8.78 Å². The normalized spacial score (nSPS) is 18.6. The average Bonchev–Trinajstić information content (AvgIpc) is 2.84. The van der Waals surface area contributed by atoms with Gasteiger partial charge in [0.15, 0.2) is 0 Å². The maximum atomic E-state index is 12.6. The Morgan fingerprint density at radius 3 is 2.50 bits per heavy atom. The first-order valence-electron chi connectivity index (χ1n) is 4.76. The Morgan fingerprint density at radius 2 is 1.93 bits per heavy atom. The van der Waals surface area contributed by atoms with Crippen molar-refractivity contribution in [1.82, 2.24) is 0 Å². The molecule has 1 saturated carbocycles. The van der Waals surface area contributed by atoms with Crippen LogP contribution in [0.15, 0.2) is 24.3 Å². The SMILES string of the molecule is NC1(Cc2ccccc2C(F)F)CC1. The summed E-state index contributed by atoms with van der Waals surface area (Å²) in [7, 11) is 0. The molecule has 14 heavy (non-hydrogen) atoms. The zero-order valence-corrected chi connectivity index (χ0v) is 7.84. The Bertz CT molecular complexity index is 332. The maximum Gasteiger partial charge on any atom is 0.264 e. The number of benzene rings is 1. The van der Waals surface area contributed by atoms with Crippen LogP contribution in [-0.4, -0.2) is 5.54 Å². The molecule has 0 atom stereocenters. The van der Waals surface area contributed by atoms with Gasteiger partial charge in [0.2, 0.25) is 0 Å². The molecule has 3 heteroatoms. The first kappa shape index (κ1) is 9.59. The lowest BCUT2D eigenvalue weighted by Gasteiger charge is -2.12. The van der Waals surface area contributed by atoms with E-state index in [9.17, 15) is 8.78 Å². The highest BCUT2D eigenvalue weighted by molar-refractivity contribution is 5.31. The van der Waals surface area contributed by atoms with Gasteiger partial charge >= 0.3 is 0 Å². The molecule has 0 aromatic heterocycles. The molecular formula is C11H13F2N. The summed E-state index contributed by atoms with van der Waals surface area (Å²) in [5.41, 5.74) is 6.53. The molecule has 2 rings (SSSR count). The topological polar surface area (TPSA) is 26.0 Å². The lowest BCUT2D eigenvalue weighted by atomic mass is 9.99. The van der Waals surface area contributed by atoms with Crippen LogP contribution in [0.4, 0.5) is 8.78 Å². The molecular weight excluding hydrogens is 184 g/mol. The number of hydrogen-bond acceptors (Lipinski definition) is 1. The van der Waals surface area contributed by atoms with Gasteiger partial charge in [0, 0.05) is 11.1 Å². The van der Waals surface area contributed by atoms with Crippen molar-refractivity contribution in [1.29, 1.82) is 0 Å².